The Hall–Kier alpha value is -5.60. The van der Waals surface area contributed by atoms with E-state index in [0.29, 0.717) is 16.8 Å². The second kappa shape index (κ2) is 15.6. The van der Waals surface area contributed by atoms with E-state index < -0.39 is 15.2 Å². The van der Waals surface area contributed by atoms with Crippen molar-refractivity contribution in [2.45, 2.75) is 52.4 Å². The Morgan fingerprint density at radius 1 is 0.548 bits per heavy atom. The first-order chi connectivity index (χ1) is 29.4. The first-order valence-corrected chi connectivity index (χ1v) is 24.7. The first-order valence-electron chi connectivity index (χ1n) is 21.0. The number of hydrogen-bond donors (Lipinski definition) is 0. The number of ether oxygens (including phenoxy) is 1. The summed E-state index contributed by atoms with van der Waals surface area (Å²) in [6.07, 6.45) is 1.91. The Morgan fingerprint density at radius 3 is 1.68 bits per heavy atom. The van der Waals surface area contributed by atoms with Gasteiger partial charge in [0.05, 0.1) is 0 Å². The molecule has 3 heterocycles. The van der Waals surface area contributed by atoms with E-state index in [1.54, 1.807) is 0 Å². The molecule has 0 N–H and O–H groups in total. The van der Waals surface area contributed by atoms with Crippen LogP contribution in [0, 0.1) is 12.1 Å². The van der Waals surface area contributed by atoms with E-state index in [4.69, 9.17) is 9.72 Å². The molecule has 0 saturated heterocycles. The summed E-state index contributed by atoms with van der Waals surface area (Å²) < 4.78 is 24.1. The second-order valence-corrected chi connectivity index (χ2v) is 24.6. The van der Waals surface area contributed by atoms with E-state index in [-0.39, 0.29) is 31.3 Å². The normalized spacial score (nSPS) is 13.4. The van der Waals surface area contributed by atoms with Crippen molar-refractivity contribution in [3.05, 3.63) is 199 Å². The molecule has 62 heavy (non-hydrogen) atoms. The molecule has 2 aromatic heterocycles. The van der Waals surface area contributed by atoms with Crippen LogP contribution in [0.15, 0.2) is 176 Å². The summed E-state index contributed by atoms with van der Waals surface area (Å²) in [6.45, 7) is 13.6. The number of benzene rings is 7. The molecule has 7 heteroatoms. The molecule has 0 amide bonds. The van der Waals surface area contributed by atoms with Crippen LogP contribution in [0.2, 0.25) is 0 Å². The maximum absolute atomic E-state index is 15.2. The number of fused-ring (bicyclic) bond motifs is 5. The fourth-order valence-corrected chi connectivity index (χ4v) is 16.9. The van der Waals surface area contributed by atoms with Crippen molar-refractivity contribution in [2.75, 3.05) is 0 Å². The fraction of sp³-hybridized carbons (Fsp3) is 0.145. The summed E-state index contributed by atoms with van der Waals surface area (Å²) in [4.78, 5) is 5.24. The van der Waals surface area contributed by atoms with Crippen molar-refractivity contribution in [1.82, 2.24) is 9.55 Å². The van der Waals surface area contributed by atoms with E-state index >= 15 is 4.57 Å². The number of hydrogen-bond acceptors (Lipinski definition) is 3. The Labute approximate surface area is 379 Å². The van der Waals surface area contributed by atoms with E-state index in [2.05, 4.69) is 143 Å². The fourth-order valence-electron chi connectivity index (χ4n) is 9.29. The molecule has 0 saturated carbocycles. The predicted octanol–water partition coefficient (Wildman–Crippen LogP) is 9.49. The summed E-state index contributed by atoms with van der Waals surface area (Å²) in [5, 5.41) is 9.52. The standard InChI is InChI=1S/C55H47N2O2PSi.Pd/c1-54(2,3)38-25-30-45(31-26-38)61(46-32-27-39(28-33-46)55(4,5)6)50-23-14-22-48-47-34-29-41(37-49(47)57(52(48)50)53-51(61)24-15-35-56-53)59-40-16-13-21-44(36-40)60(58,42-17-9-7-10-18-42)43-19-11-8-12-20-43;/h7-35H,1-6H3;/q-2;+2. The summed E-state index contributed by atoms with van der Waals surface area (Å²) in [6, 6.07) is 66.3. The van der Waals surface area contributed by atoms with Crippen LogP contribution in [0.4, 0.5) is 0 Å². The third kappa shape index (κ3) is 6.68. The predicted molar refractivity (Wildman–Crippen MR) is 257 cm³/mol. The van der Waals surface area contributed by atoms with E-state index in [9.17, 15) is 0 Å². The second-order valence-electron chi connectivity index (χ2n) is 18.2. The smallest absolute Gasteiger partial charge is 0.509 e. The molecule has 0 radical (unpaired) electrons. The van der Waals surface area contributed by atoms with Gasteiger partial charge in [-0.2, -0.15) is 18.2 Å². The molecule has 308 valence electrons. The quantitative estimate of drug-likeness (QED) is 0.0910. The van der Waals surface area contributed by atoms with Crippen LogP contribution in [-0.2, 0) is 35.8 Å². The summed E-state index contributed by atoms with van der Waals surface area (Å²) in [7, 11) is -6.20. The number of aromatic nitrogens is 2. The minimum Gasteiger partial charge on any atom is -0.509 e. The van der Waals surface area contributed by atoms with Crippen LogP contribution in [0.1, 0.15) is 52.7 Å². The average Bonchev–Trinajstić information content (AvgIpc) is 3.61. The number of nitrogens with zero attached hydrogens (tertiary/aromatic N) is 2. The van der Waals surface area contributed by atoms with E-state index in [1.807, 2.05) is 91.1 Å². The van der Waals surface area contributed by atoms with Crippen LogP contribution < -0.4 is 41.4 Å². The van der Waals surface area contributed by atoms with Gasteiger partial charge in [-0.3, -0.25) is 0 Å². The molecular formula is C55H47N2O2PPdSi. The zero-order chi connectivity index (χ0) is 42.1. The molecule has 0 bridgehead atoms. The van der Waals surface area contributed by atoms with Crippen LogP contribution in [0.5, 0.6) is 11.5 Å². The molecule has 0 atom stereocenters. The molecule has 10 rings (SSSR count). The minimum absolute atomic E-state index is 0. The third-order valence-electron chi connectivity index (χ3n) is 12.4. The summed E-state index contributed by atoms with van der Waals surface area (Å²) in [5.74, 6) is 1.93. The minimum atomic E-state index is -3.25. The van der Waals surface area contributed by atoms with Crippen molar-refractivity contribution < 1.29 is 29.7 Å². The maximum Gasteiger partial charge on any atom is 2.00 e. The van der Waals surface area contributed by atoms with Crippen LogP contribution in [-0.4, -0.2) is 17.6 Å². The largest absolute Gasteiger partial charge is 2.00 e. The van der Waals surface area contributed by atoms with Gasteiger partial charge in [-0.25, -0.2) is 4.98 Å². The van der Waals surface area contributed by atoms with Gasteiger partial charge in [-0.1, -0.05) is 186 Å². The molecule has 1 aliphatic heterocycles. The van der Waals surface area contributed by atoms with Gasteiger partial charge in [-0.05, 0) is 54.2 Å². The van der Waals surface area contributed by atoms with Crippen LogP contribution in [0.3, 0.4) is 0 Å². The van der Waals surface area contributed by atoms with Crippen molar-refractivity contribution in [1.29, 1.82) is 0 Å². The molecular weight excluding hydrogens is 886 g/mol. The molecule has 4 nitrogen and oxygen atoms in total. The average molecular weight is 933 g/mol. The molecule has 0 fully saturated rings. The Balaban J connectivity index is 0.00000490. The summed E-state index contributed by atoms with van der Waals surface area (Å²) >= 11 is 0. The van der Waals surface area contributed by atoms with Crippen LogP contribution in [0.25, 0.3) is 27.6 Å². The zero-order valence-electron chi connectivity index (χ0n) is 35.7. The van der Waals surface area contributed by atoms with Crippen LogP contribution >= 0.6 is 7.14 Å². The summed E-state index contributed by atoms with van der Waals surface area (Å²) in [5.41, 5.74) is 4.72. The van der Waals surface area contributed by atoms with Gasteiger partial charge in [0, 0.05) is 33.8 Å². The molecule has 0 aliphatic carbocycles. The van der Waals surface area contributed by atoms with Crippen molar-refractivity contribution >= 4 is 73.7 Å². The van der Waals surface area contributed by atoms with Gasteiger partial charge in [-0.15, -0.1) is 29.7 Å². The Bertz CT molecular complexity index is 3050. The van der Waals surface area contributed by atoms with Gasteiger partial charge >= 0.3 is 20.4 Å². The SMILES string of the molecule is CC(C)(C)c1ccc([Si]2(c3ccc(C(C)(C)C)cc3)c3cccnc3-n3c4[c-]c(Oc5[c-]c(P(=O)(c6ccccc6)c6ccccc6)ccc5)ccc4c4cccc2c43)cc1.[Pd+2]. The molecule has 0 spiro atoms. The van der Waals surface area contributed by atoms with Crippen molar-refractivity contribution in [3.63, 3.8) is 0 Å². The van der Waals surface area contributed by atoms with Gasteiger partial charge in [0.25, 0.3) is 0 Å². The van der Waals surface area contributed by atoms with Gasteiger partial charge in [0.2, 0.25) is 0 Å². The Kier molecular flexibility index (Phi) is 10.5. The van der Waals surface area contributed by atoms with Crippen molar-refractivity contribution in [2.24, 2.45) is 0 Å². The molecule has 9 aromatic rings. The monoisotopic (exact) mass is 932 g/mol. The third-order valence-corrected chi connectivity index (χ3v) is 20.2. The Morgan fingerprint density at radius 2 is 1.10 bits per heavy atom. The van der Waals surface area contributed by atoms with E-state index in [0.717, 1.165) is 38.2 Å². The van der Waals surface area contributed by atoms with Gasteiger partial charge < -0.3 is 13.9 Å². The van der Waals surface area contributed by atoms with Crippen molar-refractivity contribution in [3.8, 4) is 17.3 Å². The van der Waals surface area contributed by atoms with Gasteiger partial charge in [0.1, 0.15) is 13.0 Å². The number of pyridine rings is 1. The first kappa shape index (κ1) is 41.7. The van der Waals surface area contributed by atoms with Gasteiger partial charge in [0.15, 0.2) is 8.07 Å². The number of rotatable bonds is 7. The topological polar surface area (TPSA) is 44.1 Å². The number of para-hydroxylation sites is 1. The zero-order valence-corrected chi connectivity index (χ0v) is 39.2. The molecule has 1 aliphatic rings. The maximum atomic E-state index is 15.2. The molecule has 0 unspecified atom stereocenters. The van der Waals surface area contributed by atoms with E-state index in [1.165, 1.54) is 31.9 Å². The molecule has 7 aromatic carbocycles.